The van der Waals surface area contributed by atoms with Crippen molar-refractivity contribution in [3.8, 4) is 10.6 Å². The minimum Gasteiger partial charge on any atom is -0.330 e. The number of hydrogen-bond acceptors (Lipinski definition) is 3. The first kappa shape index (κ1) is 11.6. The molecule has 0 saturated carbocycles. The normalized spacial score (nSPS) is 10.7. The number of halogens is 1. The van der Waals surface area contributed by atoms with Gasteiger partial charge in [0.05, 0.1) is 5.69 Å². The highest BCUT2D eigenvalue weighted by molar-refractivity contribution is 7.15. The number of rotatable bonds is 3. The first-order valence-electron chi connectivity index (χ1n) is 5.13. The molecular formula is C12H13ClN2S. The fourth-order valence-electron chi connectivity index (χ4n) is 1.54. The molecule has 0 bridgehead atoms. The molecule has 1 heterocycles. The van der Waals surface area contributed by atoms with Crippen LogP contribution in [-0.4, -0.2) is 11.5 Å². The molecule has 1 aromatic carbocycles. The van der Waals surface area contributed by atoms with Crippen molar-refractivity contribution < 1.29 is 0 Å². The molecule has 2 nitrogen and oxygen atoms in total. The third-order valence-electron chi connectivity index (χ3n) is 2.34. The van der Waals surface area contributed by atoms with Gasteiger partial charge in [-0.15, -0.1) is 11.3 Å². The quantitative estimate of drug-likeness (QED) is 0.911. The summed E-state index contributed by atoms with van der Waals surface area (Å²) in [6, 6.07) is 7.77. The third-order valence-corrected chi connectivity index (χ3v) is 3.84. The Balaban J connectivity index is 2.37. The minimum atomic E-state index is 0.665. The van der Waals surface area contributed by atoms with Gasteiger partial charge in [0.2, 0.25) is 0 Å². The highest BCUT2D eigenvalue weighted by Crippen LogP contribution is 2.29. The van der Waals surface area contributed by atoms with E-state index in [0.717, 1.165) is 27.7 Å². The van der Waals surface area contributed by atoms with E-state index >= 15 is 0 Å². The van der Waals surface area contributed by atoms with Gasteiger partial charge in [0, 0.05) is 15.5 Å². The maximum atomic E-state index is 5.96. The summed E-state index contributed by atoms with van der Waals surface area (Å²) in [5.41, 5.74) is 7.71. The number of nitrogens with two attached hydrogens (primary N) is 1. The fraction of sp³-hybridized carbons (Fsp3) is 0.250. The average molecular weight is 253 g/mol. The second-order valence-electron chi connectivity index (χ2n) is 3.58. The lowest BCUT2D eigenvalue weighted by molar-refractivity contribution is 0.970. The van der Waals surface area contributed by atoms with Crippen LogP contribution in [0.1, 0.15) is 10.6 Å². The van der Waals surface area contributed by atoms with Crippen molar-refractivity contribution >= 4 is 22.9 Å². The van der Waals surface area contributed by atoms with Crippen molar-refractivity contribution in [2.24, 2.45) is 5.73 Å². The Hall–Kier alpha value is -0.900. The molecule has 0 saturated heterocycles. The standard InChI is InChI=1S/C12H13ClN2S/c1-8-11(5-6-14)16-12(15-8)9-3-2-4-10(13)7-9/h2-4,7H,5-6,14H2,1H3. The van der Waals surface area contributed by atoms with E-state index in [1.54, 1.807) is 11.3 Å². The summed E-state index contributed by atoms with van der Waals surface area (Å²) in [4.78, 5) is 5.81. The van der Waals surface area contributed by atoms with Crippen LogP contribution >= 0.6 is 22.9 Å². The van der Waals surface area contributed by atoms with Gasteiger partial charge in [-0.2, -0.15) is 0 Å². The van der Waals surface area contributed by atoms with Gasteiger partial charge in [-0.05, 0) is 32.0 Å². The molecule has 0 aliphatic carbocycles. The van der Waals surface area contributed by atoms with Crippen LogP contribution < -0.4 is 5.73 Å². The fourth-order valence-corrected chi connectivity index (χ4v) is 2.80. The van der Waals surface area contributed by atoms with Crippen LogP contribution in [-0.2, 0) is 6.42 Å². The predicted octanol–water partition coefficient (Wildman–Crippen LogP) is 3.27. The average Bonchev–Trinajstić information content (AvgIpc) is 2.61. The topological polar surface area (TPSA) is 38.9 Å². The molecule has 0 aliphatic rings. The Bertz CT molecular complexity index is 494. The van der Waals surface area contributed by atoms with Crippen molar-refractivity contribution in [1.29, 1.82) is 0 Å². The zero-order valence-electron chi connectivity index (χ0n) is 9.03. The highest BCUT2D eigenvalue weighted by atomic mass is 35.5. The molecule has 1 aromatic heterocycles. The van der Waals surface area contributed by atoms with Crippen LogP contribution in [0.5, 0.6) is 0 Å². The Labute approximate surface area is 104 Å². The number of thiazole rings is 1. The summed E-state index contributed by atoms with van der Waals surface area (Å²) in [5.74, 6) is 0. The summed E-state index contributed by atoms with van der Waals surface area (Å²) in [6.07, 6.45) is 0.893. The van der Waals surface area contributed by atoms with E-state index in [2.05, 4.69) is 4.98 Å². The van der Waals surface area contributed by atoms with Gasteiger partial charge in [0.25, 0.3) is 0 Å². The Kier molecular flexibility index (Phi) is 3.59. The van der Waals surface area contributed by atoms with Gasteiger partial charge in [-0.1, -0.05) is 23.7 Å². The van der Waals surface area contributed by atoms with E-state index in [-0.39, 0.29) is 0 Å². The van der Waals surface area contributed by atoms with Gasteiger partial charge in [0.15, 0.2) is 0 Å². The van der Waals surface area contributed by atoms with Gasteiger partial charge < -0.3 is 5.73 Å². The van der Waals surface area contributed by atoms with Gasteiger partial charge >= 0.3 is 0 Å². The molecule has 0 atom stereocenters. The molecule has 0 aliphatic heterocycles. The van der Waals surface area contributed by atoms with Crippen LogP contribution in [0, 0.1) is 6.92 Å². The van der Waals surface area contributed by atoms with Crippen molar-refractivity contribution in [1.82, 2.24) is 4.98 Å². The van der Waals surface area contributed by atoms with Crippen LogP contribution in [0.25, 0.3) is 10.6 Å². The molecule has 0 radical (unpaired) electrons. The minimum absolute atomic E-state index is 0.665. The lowest BCUT2D eigenvalue weighted by Gasteiger charge is -1.95. The van der Waals surface area contributed by atoms with Crippen LogP contribution in [0.4, 0.5) is 0 Å². The van der Waals surface area contributed by atoms with Gasteiger partial charge in [-0.25, -0.2) is 4.98 Å². The molecule has 0 unspecified atom stereocenters. The van der Waals surface area contributed by atoms with Gasteiger partial charge in [0.1, 0.15) is 5.01 Å². The number of aromatic nitrogens is 1. The van der Waals surface area contributed by atoms with E-state index in [4.69, 9.17) is 17.3 Å². The summed E-state index contributed by atoms with van der Waals surface area (Å²) >= 11 is 7.66. The molecule has 16 heavy (non-hydrogen) atoms. The molecule has 2 aromatic rings. The van der Waals surface area contributed by atoms with Crippen LogP contribution in [0.2, 0.25) is 5.02 Å². The highest BCUT2D eigenvalue weighted by Gasteiger charge is 2.08. The molecular weight excluding hydrogens is 240 g/mol. The van der Waals surface area contributed by atoms with Crippen molar-refractivity contribution in [3.63, 3.8) is 0 Å². The van der Waals surface area contributed by atoms with E-state index in [1.807, 2.05) is 31.2 Å². The zero-order valence-corrected chi connectivity index (χ0v) is 10.6. The lowest BCUT2D eigenvalue weighted by atomic mass is 10.2. The summed E-state index contributed by atoms with van der Waals surface area (Å²) in [7, 11) is 0. The van der Waals surface area contributed by atoms with E-state index in [9.17, 15) is 0 Å². The lowest BCUT2D eigenvalue weighted by Crippen LogP contribution is -2.01. The smallest absolute Gasteiger partial charge is 0.123 e. The number of hydrogen-bond donors (Lipinski definition) is 1. The number of benzene rings is 1. The summed E-state index contributed by atoms with van der Waals surface area (Å²) < 4.78 is 0. The monoisotopic (exact) mass is 252 g/mol. The van der Waals surface area contributed by atoms with Crippen LogP contribution in [0.15, 0.2) is 24.3 Å². The largest absolute Gasteiger partial charge is 0.330 e. The third kappa shape index (κ3) is 2.43. The summed E-state index contributed by atoms with van der Waals surface area (Å²) in [5, 5.41) is 1.76. The molecule has 2 rings (SSSR count). The molecule has 0 fully saturated rings. The van der Waals surface area contributed by atoms with E-state index in [0.29, 0.717) is 6.54 Å². The maximum Gasteiger partial charge on any atom is 0.123 e. The summed E-state index contributed by atoms with van der Waals surface area (Å²) in [6.45, 7) is 2.69. The first-order valence-corrected chi connectivity index (χ1v) is 6.32. The zero-order chi connectivity index (χ0) is 11.5. The SMILES string of the molecule is Cc1nc(-c2cccc(Cl)c2)sc1CCN. The van der Waals surface area contributed by atoms with Crippen LogP contribution in [0.3, 0.4) is 0 Å². The molecule has 84 valence electrons. The van der Waals surface area contributed by atoms with E-state index < -0.39 is 0 Å². The Morgan fingerprint density at radius 2 is 2.25 bits per heavy atom. The van der Waals surface area contributed by atoms with Crippen molar-refractivity contribution in [3.05, 3.63) is 39.9 Å². The van der Waals surface area contributed by atoms with Gasteiger partial charge in [-0.3, -0.25) is 0 Å². The molecule has 4 heteroatoms. The Morgan fingerprint density at radius 3 is 2.94 bits per heavy atom. The first-order chi connectivity index (χ1) is 7.70. The predicted molar refractivity (Wildman–Crippen MR) is 70.1 cm³/mol. The molecule has 2 N–H and O–H groups in total. The Morgan fingerprint density at radius 1 is 1.44 bits per heavy atom. The number of aryl methyl sites for hydroxylation is 1. The second-order valence-corrected chi connectivity index (χ2v) is 5.10. The second kappa shape index (κ2) is 4.95. The van der Waals surface area contributed by atoms with Crippen molar-refractivity contribution in [2.75, 3.05) is 6.54 Å². The number of nitrogens with zero attached hydrogens (tertiary/aromatic N) is 1. The van der Waals surface area contributed by atoms with Crippen molar-refractivity contribution in [2.45, 2.75) is 13.3 Å². The molecule has 0 amide bonds. The maximum absolute atomic E-state index is 5.96. The molecule has 0 spiro atoms. The van der Waals surface area contributed by atoms with E-state index in [1.165, 1.54) is 4.88 Å².